The highest BCUT2D eigenvalue weighted by Gasteiger charge is 2.08. The van der Waals surface area contributed by atoms with E-state index in [0.717, 1.165) is 5.56 Å². The molecule has 1 aromatic carbocycles. The smallest absolute Gasteiger partial charge is 0.265 e. The SMILES string of the molecule is CCOCc1ccccc1C(=O)NN. The Kier molecular flexibility index (Phi) is 4.10. The summed E-state index contributed by atoms with van der Waals surface area (Å²) in [5.74, 6) is 4.77. The molecule has 0 radical (unpaired) electrons. The average Bonchev–Trinajstić information content (AvgIpc) is 2.25. The number of carbonyl (C=O) groups is 1. The minimum atomic E-state index is -0.291. The number of ether oxygens (including phenoxy) is 1. The summed E-state index contributed by atoms with van der Waals surface area (Å²) in [6.07, 6.45) is 0. The minimum Gasteiger partial charge on any atom is -0.377 e. The normalized spacial score (nSPS) is 9.86. The molecule has 0 bridgehead atoms. The summed E-state index contributed by atoms with van der Waals surface area (Å²) in [5, 5.41) is 0. The first-order valence-electron chi connectivity index (χ1n) is 4.46. The maximum atomic E-state index is 11.3. The number of nitrogens with one attached hydrogen (secondary N) is 1. The van der Waals surface area contributed by atoms with Crippen LogP contribution >= 0.6 is 0 Å². The van der Waals surface area contributed by atoms with Crippen molar-refractivity contribution in [1.29, 1.82) is 0 Å². The highest BCUT2D eigenvalue weighted by molar-refractivity contribution is 5.95. The van der Waals surface area contributed by atoms with Crippen molar-refractivity contribution >= 4 is 5.91 Å². The van der Waals surface area contributed by atoms with Gasteiger partial charge in [-0.25, -0.2) is 5.84 Å². The van der Waals surface area contributed by atoms with Gasteiger partial charge in [-0.1, -0.05) is 18.2 Å². The van der Waals surface area contributed by atoms with Crippen molar-refractivity contribution in [3.63, 3.8) is 0 Å². The number of rotatable bonds is 4. The van der Waals surface area contributed by atoms with E-state index in [1.54, 1.807) is 12.1 Å². The predicted octanol–water partition coefficient (Wildman–Crippen LogP) is 0.827. The highest BCUT2D eigenvalue weighted by atomic mass is 16.5. The first-order chi connectivity index (χ1) is 6.79. The van der Waals surface area contributed by atoms with Crippen molar-refractivity contribution < 1.29 is 9.53 Å². The van der Waals surface area contributed by atoms with Crippen molar-refractivity contribution in [3.8, 4) is 0 Å². The van der Waals surface area contributed by atoms with Gasteiger partial charge in [-0.05, 0) is 18.6 Å². The van der Waals surface area contributed by atoms with Gasteiger partial charge in [-0.2, -0.15) is 0 Å². The van der Waals surface area contributed by atoms with Crippen LogP contribution in [-0.4, -0.2) is 12.5 Å². The van der Waals surface area contributed by atoms with E-state index in [1.807, 2.05) is 19.1 Å². The van der Waals surface area contributed by atoms with Gasteiger partial charge in [0, 0.05) is 12.2 Å². The molecule has 0 aliphatic rings. The first-order valence-corrected chi connectivity index (χ1v) is 4.46. The summed E-state index contributed by atoms with van der Waals surface area (Å²) >= 11 is 0. The van der Waals surface area contributed by atoms with Crippen LogP contribution in [0.3, 0.4) is 0 Å². The summed E-state index contributed by atoms with van der Waals surface area (Å²) in [4.78, 5) is 11.3. The number of carbonyl (C=O) groups excluding carboxylic acids is 1. The lowest BCUT2D eigenvalue weighted by molar-refractivity contribution is 0.0943. The molecule has 0 saturated carbocycles. The Bertz CT molecular complexity index is 313. The van der Waals surface area contributed by atoms with E-state index in [-0.39, 0.29) is 5.91 Å². The number of benzene rings is 1. The van der Waals surface area contributed by atoms with Crippen LogP contribution in [0.1, 0.15) is 22.8 Å². The van der Waals surface area contributed by atoms with Crippen molar-refractivity contribution in [2.24, 2.45) is 5.84 Å². The molecule has 1 amide bonds. The van der Waals surface area contributed by atoms with Gasteiger partial charge >= 0.3 is 0 Å². The zero-order chi connectivity index (χ0) is 10.4. The molecule has 1 aromatic rings. The molecule has 4 nitrogen and oxygen atoms in total. The number of hydrogen-bond donors (Lipinski definition) is 2. The predicted molar refractivity (Wildman–Crippen MR) is 53.4 cm³/mol. The molecule has 0 aromatic heterocycles. The summed E-state index contributed by atoms with van der Waals surface area (Å²) in [6.45, 7) is 2.96. The van der Waals surface area contributed by atoms with E-state index in [1.165, 1.54) is 0 Å². The number of nitrogen functional groups attached to an aromatic ring is 1. The van der Waals surface area contributed by atoms with Crippen molar-refractivity contribution in [2.45, 2.75) is 13.5 Å². The summed E-state index contributed by atoms with van der Waals surface area (Å²) in [7, 11) is 0. The Morgan fingerprint density at radius 3 is 2.86 bits per heavy atom. The number of hydrazine groups is 1. The van der Waals surface area contributed by atoms with Crippen molar-refractivity contribution in [3.05, 3.63) is 35.4 Å². The summed E-state index contributed by atoms with van der Waals surface area (Å²) in [6, 6.07) is 7.22. The number of hydrogen-bond acceptors (Lipinski definition) is 3. The molecule has 14 heavy (non-hydrogen) atoms. The monoisotopic (exact) mass is 194 g/mol. The molecule has 76 valence electrons. The third kappa shape index (κ3) is 2.55. The molecular formula is C10H14N2O2. The molecular weight excluding hydrogens is 180 g/mol. The van der Waals surface area contributed by atoms with E-state index in [4.69, 9.17) is 10.6 Å². The van der Waals surface area contributed by atoms with E-state index < -0.39 is 0 Å². The van der Waals surface area contributed by atoms with Crippen molar-refractivity contribution in [1.82, 2.24) is 5.43 Å². The minimum absolute atomic E-state index is 0.291. The van der Waals surface area contributed by atoms with Crippen LogP contribution in [0.15, 0.2) is 24.3 Å². The number of nitrogens with two attached hydrogens (primary N) is 1. The van der Waals surface area contributed by atoms with Crippen LogP contribution in [0.2, 0.25) is 0 Å². The van der Waals surface area contributed by atoms with Gasteiger partial charge in [0.2, 0.25) is 0 Å². The Hall–Kier alpha value is -1.39. The van der Waals surface area contributed by atoms with Gasteiger partial charge in [-0.15, -0.1) is 0 Å². The van der Waals surface area contributed by atoms with Crippen LogP contribution in [0, 0.1) is 0 Å². The fourth-order valence-corrected chi connectivity index (χ4v) is 1.16. The molecule has 1 rings (SSSR count). The fraction of sp³-hybridized carbons (Fsp3) is 0.300. The third-order valence-electron chi connectivity index (χ3n) is 1.85. The third-order valence-corrected chi connectivity index (χ3v) is 1.85. The zero-order valence-corrected chi connectivity index (χ0v) is 8.12. The maximum absolute atomic E-state index is 11.3. The highest BCUT2D eigenvalue weighted by Crippen LogP contribution is 2.09. The van der Waals surface area contributed by atoms with Crippen LogP contribution in [0.25, 0.3) is 0 Å². The van der Waals surface area contributed by atoms with Crippen LogP contribution in [0.4, 0.5) is 0 Å². The zero-order valence-electron chi connectivity index (χ0n) is 8.12. The second kappa shape index (κ2) is 5.36. The standard InChI is InChI=1S/C10H14N2O2/c1-2-14-7-8-5-3-4-6-9(8)10(13)12-11/h3-6H,2,7,11H2,1H3,(H,12,13). The molecule has 0 aliphatic carbocycles. The Morgan fingerprint density at radius 2 is 2.21 bits per heavy atom. The molecule has 0 spiro atoms. The van der Waals surface area contributed by atoms with E-state index in [2.05, 4.69) is 5.43 Å². The second-order valence-corrected chi connectivity index (χ2v) is 2.77. The average molecular weight is 194 g/mol. The van der Waals surface area contributed by atoms with Gasteiger partial charge in [0.1, 0.15) is 0 Å². The molecule has 0 saturated heterocycles. The molecule has 0 heterocycles. The Morgan fingerprint density at radius 1 is 1.50 bits per heavy atom. The van der Waals surface area contributed by atoms with Crippen LogP contribution in [-0.2, 0) is 11.3 Å². The van der Waals surface area contributed by atoms with E-state index in [9.17, 15) is 4.79 Å². The topological polar surface area (TPSA) is 64.3 Å². The van der Waals surface area contributed by atoms with Gasteiger partial charge in [0.05, 0.1) is 6.61 Å². The lowest BCUT2D eigenvalue weighted by Gasteiger charge is -2.07. The lowest BCUT2D eigenvalue weighted by atomic mass is 10.1. The molecule has 0 unspecified atom stereocenters. The molecule has 0 aliphatic heterocycles. The fourth-order valence-electron chi connectivity index (χ4n) is 1.16. The molecule has 4 heteroatoms. The lowest BCUT2D eigenvalue weighted by Crippen LogP contribution is -2.30. The van der Waals surface area contributed by atoms with Crippen LogP contribution < -0.4 is 11.3 Å². The number of amides is 1. The maximum Gasteiger partial charge on any atom is 0.265 e. The van der Waals surface area contributed by atoms with Crippen LogP contribution in [0.5, 0.6) is 0 Å². The van der Waals surface area contributed by atoms with Gasteiger partial charge in [0.25, 0.3) is 5.91 Å². The van der Waals surface area contributed by atoms with E-state index in [0.29, 0.717) is 18.8 Å². The largest absolute Gasteiger partial charge is 0.377 e. The second-order valence-electron chi connectivity index (χ2n) is 2.77. The molecule has 0 atom stereocenters. The Labute approximate surface area is 83.0 Å². The van der Waals surface area contributed by atoms with E-state index >= 15 is 0 Å². The molecule has 3 N–H and O–H groups in total. The quantitative estimate of drug-likeness (QED) is 0.424. The Balaban J connectivity index is 2.85. The first kappa shape index (κ1) is 10.7. The van der Waals surface area contributed by atoms with Gasteiger partial charge in [0.15, 0.2) is 0 Å². The summed E-state index contributed by atoms with van der Waals surface area (Å²) in [5.41, 5.74) is 3.51. The van der Waals surface area contributed by atoms with Gasteiger partial charge < -0.3 is 4.74 Å². The van der Waals surface area contributed by atoms with Gasteiger partial charge in [-0.3, -0.25) is 10.2 Å². The summed E-state index contributed by atoms with van der Waals surface area (Å²) < 4.78 is 5.23. The van der Waals surface area contributed by atoms with Crippen molar-refractivity contribution in [2.75, 3.05) is 6.61 Å². The molecule has 0 fully saturated rings.